The van der Waals surface area contributed by atoms with Gasteiger partial charge in [-0.25, -0.2) is 0 Å². The number of para-hydroxylation sites is 1. The van der Waals surface area contributed by atoms with Gasteiger partial charge in [0, 0.05) is 5.69 Å². The molecule has 0 spiro atoms. The monoisotopic (exact) mass is 280 g/mol. The van der Waals surface area contributed by atoms with Crippen LogP contribution in [0.3, 0.4) is 0 Å². The van der Waals surface area contributed by atoms with Gasteiger partial charge in [0.1, 0.15) is 0 Å². The Morgan fingerprint density at radius 3 is 2.10 bits per heavy atom. The third-order valence-corrected chi connectivity index (χ3v) is 3.01. The molecule has 0 fully saturated rings. The van der Waals surface area contributed by atoms with Crippen molar-refractivity contribution >= 4 is 18.1 Å². The summed E-state index contributed by atoms with van der Waals surface area (Å²) >= 11 is 0. The van der Waals surface area contributed by atoms with E-state index in [1.807, 2.05) is 32.0 Å². The summed E-state index contributed by atoms with van der Waals surface area (Å²) in [5, 5.41) is 9.89. The largest absolute Gasteiger partial charge is 0.483 e. The molecule has 0 saturated heterocycles. The van der Waals surface area contributed by atoms with Crippen LogP contribution >= 0.6 is 0 Å². The van der Waals surface area contributed by atoms with E-state index in [0.717, 1.165) is 29.9 Å². The summed E-state index contributed by atoms with van der Waals surface area (Å²) in [6.07, 6.45) is 0. The second-order valence-electron chi connectivity index (χ2n) is 4.38. The van der Waals surface area contributed by atoms with Crippen LogP contribution < -0.4 is 5.32 Å². The molecule has 0 aliphatic carbocycles. The minimum absolute atomic E-state index is 0.0612. The number of likely N-dealkylation sites (N-methyl/N-ethyl adjacent to an activating group) is 1. The quantitative estimate of drug-likeness (QED) is 0.812. The lowest BCUT2D eigenvalue weighted by atomic mass is 10.1. The number of benzene rings is 1. The summed E-state index contributed by atoms with van der Waals surface area (Å²) in [6, 6.07) is 6.03. The number of hydrogen-bond donors (Lipinski definition) is 2. The predicted molar refractivity (Wildman–Crippen MR) is 81.0 cm³/mol. The smallest absolute Gasteiger partial charge is 0.290 e. The lowest BCUT2D eigenvalue weighted by Crippen LogP contribution is -2.33. The van der Waals surface area contributed by atoms with E-state index in [-0.39, 0.29) is 12.4 Å². The zero-order chi connectivity index (χ0) is 15.5. The third-order valence-electron chi connectivity index (χ3n) is 3.01. The molecule has 0 aliphatic heterocycles. The Bertz CT molecular complexity index is 409. The summed E-state index contributed by atoms with van der Waals surface area (Å²) < 4.78 is 0. The first-order valence-corrected chi connectivity index (χ1v) is 6.66. The summed E-state index contributed by atoms with van der Waals surface area (Å²) in [5.41, 5.74) is 3.17. The van der Waals surface area contributed by atoms with E-state index in [9.17, 15) is 4.79 Å². The number of carboxylic acid groups (broad SMARTS) is 1. The van der Waals surface area contributed by atoms with Gasteiger partial charge in [0.15, 0.2) is 0 Å². The average Bonchev–Trinajstić information content (AvgIpc) is 2.41. The molecule has 0 aliphatic rings. The van der Waals surface area contributed by atoms with Crippen molar-refractivity contribution in [3.63, 3.8) is 0 Å². The van der Waals surface area contributed by atoms with Gasteiger partial charge >= 0.3 is 0 Å². The van der Waals surface area contributed by atoms with Crippen molar-refractivity contribution in [3.8, 4) is 0 Å². The molecule has 0 radical (unpaired) electrons. The molecular formula is C15H24N2O3. The highest BCUT2D eigenvalue weighted by molar-refractivity contribution is 5.93. The molecule has 0 aromatic heterocycles. The van der Waals surface area contributed by atoms with Crippen LogP contribution in [0.25, 0.3) is 0 Å². The lowest BCUT2D eigenvalue weighted by Gasteiger charge is -2.18. The minimum Gasteiger partial charge on any atom is -0.483 e. The molecule has 0 saturated carbocycles. The first-order valence-electron chi connectivity index (χ1n) is 6.66. The summed E-state index contributed by atoms with van der Waals surface area (Å²) in [7, 11) is 0. The van der Waals surface area contributed by atoms with E-state index in [2.05, 4.69) is 24.1 Å². The Balaban J connectivity index is 0.00000110. The number of aryl methyl sites for hydroxylation is 2. The van der Waals surface area contributed by atoms with Gasteiger partial charge in [-0.05, 0) is 38.1 Å². The Labute approximate surface area is 120 Å². The fourth-order valence-corrected chi connectivity index (χ4v) is 1.84. The van der Waals surface area contributed by atoms with Crippen molar-refractivity contribution in [1.82, 2.24) is 4.90 Å². The molecule has 1 aromatic carbocycles. The van der Waals surface area contributed by atoms with E-state index in [0.29, 0.717) is 6.54 Å². The molecule has 0 atom stereocenters. The first-order chi connectivity index (χ1) is 9.49. The Morgan fingerprint density at radius 1 is 1.25 bits per heavy atom. The number of carbonyl (C=O) groups excluding carboxylic acids is 1. The van der Waals surface area contributed by atoms with Crippen molar-refractivity contribution in [2.24, 2.45) is 0 Å². The van der Waals surface area contributed by atoms with Gasteiger partial charge < -0.3 is 10.4 Å². The molecule has 5 heteroatoms. The van der Waals surface area contributed by atoms with Crippen LogP contribution in [0.4, 0.5) is 5.69 Å². The van der Waals surface area contributed by atoms with Crippen molar-refractivity contribution < 1.29 is 14.7 Å². The van der Waals surface area contributed by atoms with Crippen LogP contribution in [-0.2, 0) is 9.59 Å². The van der Waals surface area contributed by atoms with Crippen LogP contribution in [0.5, 0.6) is 0 Å². The highest BCUT2D eigenvalue weighted by Gasteiger charge is 2.09. The fraction of sp³-hybridized carbons (Fsp3) is 0.467. The van der Waals surface area contributed by atoms with Crippen molar-refractivity contribution in [1.29, 1.82) is 0 Å². The zero-order valence-electron chi connectivity index (χ0n) is 12.6. The molecular weight excluding hydrogens is 256 g/mol. The molecule has 0 heterocycles. The molecule has 112 valence electrons. The SMILES string of the molecule is CCN(CC)CC(=O)Nc1c(C)cccc1C.O=CO. The third kappa shape index (κ3) is 6.33. The Kier molecular flexibility index (Phi) is 9.04. The maximum atomic E-state index is 11.9. The highest BCUT2D eigenvalue weighted by atomic mass is 16.3. The van der Waals surface area contributed by atoms with Gasteiger partial charge in [0.2, 0.25) is 5.91 Å². The molecule has 20 heavy (non-hydrogen) atoms. The minimum atomic E-state index is -0.250. The number of rotatable bonds is 5. The maximum Gasteiger partial charge on any atom is 0.290 e. The van der Waals surface area contributed by atoms with Gasteiger partial charge in [-0.1, -0.05) is 32.0 Å². The van der Waals surface area contributed by atoms with Gasteiger partial charge in [-0.15, -0.1) is 0 Å². The lowest BCUT2D eigenvalue weighted by molar-refractivity contribution is -0.123. The van der Waals surface area contributed by atoms with E-state index in [1.165, 1.54) is 0 Å². The topological polar surface area (TPSA) is 69.6 Å². The molecule has 1 aromatic rings. The summed E-state index contributed by atoms with van der Waals surface area (Å²) in [4.78, 5) is 22.4. The highest BCUT2D eigenvalue weighted by Crippen LogP contribution is 2.19. The number of carbonyl (C=O) groups is 2. The molecule has 1 amide bonds. The van der Waals surface area contributed by atoms with Gasteiger partial charge in [0.05, 0.1) is 6.54 Å². The molecule has 5 nitrogen and oxygen atoms in total. The fourth-order valence-electron chi connectivity index (χ4n) is 1.84. The van der Waals surface area contributed by atoms with Crippen LogP contribution in [0, 0.1) is 13.8 Å². The number of hydrogen-bond acceptors (Lipinski definition) is 3. The predicted octanol–water partition coefficient (Wildman–Crippen LogP) is 2.28. The Morgan fingerprint density at radius 2 is 1.70 bits per heavy atom. The number of nitrogens with one attached hydrogen (secondary N) is 1. The van der Waals surface area contributed by atoms with Crippen LogP contribution in [-0.4, -0.2) is 42.0 Å². The van der Waals surface area contributed by atoms with Gasteiger partial charge in [0.25, 0.3) is 6.47 Å². The van der Waals surface area contributed by atoms with E-state index in [1.54, 1.807) is 0 Å². The summed E-state index contributed by atoms with van der Waals surface area (Å²) in [6.45, 7) is 10.2. The average molecular weight is 280 g/mol. The second-order valence-corrected chi connectivity index (χ2v) is 4.38. The zero-order valence-corrected chi connectivity index (χ0v) is 12.6. The number of amides is 1. The maximum absolute atomic E-state index is 11.9. The standard InChI is InChI=1S/C14H22N2O.CH2O2/c1-5-16(6-2)10-13(17)15-14-11(3)8-7-9-12(14)4;2-1-3/h7-9H,5-6,10H2,1-4H3,(H,15,17);1H,(H,2,3). The van der Waals surface area contributed by atoms with Crippen LogP contribution in [0.15, 0.2) is 18.2 Å². The normalized spacial score (nSPS) is 9.65. The molecule has 1 rings (SSSR count). The van der Waals surface area contributed by atoms with Crippen LogP contribution in [0.2, 0.25) is 0 Å². The first kappa shape index (κ1) is 18.1. The second kappa shape index (κ2) is 9.97. The van der Waals surface area contributed by atoms with Crippen molar-refractivity contribution in [3.05, 3.63) is 29.3 Å². The van der Waals surface area contributed by atoms with Gasteiger partial charge in [-0.3, -0.25) is 14.5 Å². The van der Waals surface area contributed by atoms with Crippen molar-refractivity contribution in [2.75, 3.05) is 25.0 Å². The molecule has 0 unspecified atom stereocenters. The van der Waals surface area contributed by atoms with Crippen LogP contribution in [0.1, 0.15) is 25.0 Å². The van der Waals surface area contributed by atoms with E-state index >= 15 is 0 Å². The summed E-state index contributed by atoms with van der Waals surface area (Å²) in [5.74, 6) is 0.0612. The van der Waals surface area contributed by atoms with E-state index in [4.69, 9.17) is 9.90 Å². The molecule has 0 bridgehead atoms. The Hall–Kier alpha value is -1.88. The molecule has 2 N–H and O–H groups in total. The van der Waals surface area contributed by atoms with E-state index < -0.39 is 0 Å². The van der Waals surface area contributed by atoms with Crippen molar-refractivity contribution in [2.45, 2.75) is 27.7 Å². The van der Waals surface area contributed by atoms with Gasteiger partial charge in [-0.2, -0.15) is 0 Å². The number of nitrogens with zero attached hydrogens (tertiary/aromatic N) is 1. The number of anilines is 1.